The van der Waals surface area contributed by atoms with Crippen molar-refractivity contribution in [1.29, 1.82) is 0 Å². The Hall–Kier alpha value is -0.570. The molecule has 0 aromatic carbocycles. The lowest BCUT2D eigenvalue weighted by Gasteiger charge is -2.32. The van der Waals surface area contributed by atoms with Gasteiger partial charge in [-0.25, -0.2) is 0 Å². The third-order valence-corrected chi connectivity index (χ3v) is 6.49. The number of piperidine rings is 1. The van der Waals surface area contributed by atoms with E-state index in [4.69, 9.17) is 4.99 Å². The molecule has 7 heteroatoms. The van der Waals surface area contributed by atoms with E-state index in [9.17, 15) is 4.79 Å². The van der Waals surface area contributed by atoms with E-state index in [2.05, 4.69) is 34.3 Å². The molecule has 3 fully saturated rings. The lowest BCUT2D eigenvalue weighted by Crippen LogP contribution is -2.46. The van der Waals surface area contributed by atoms with Crippen LogP contribution >= 0.6 is 24.0 Å². The van der Waals surface area contributed by atoms with Gasteiger partial charge in [0.1, 0.15) is 0 Å². The molecule has 28 heavy (non-hydrogen) atoms. The van der Waals surface area contributed by atoms with E-state index >= 15 is 0 Å². The highest BCUT2D eigenvalue weighted by molar-refractivity contribution is 14.0. The highest BCUT2D eigenvalue weighted by atomic mass is 127. The van der Waals surface area contributed by atoms with Crippen molar-refractivity contribution in [3.63, 3.8) is 0 Å². The smallest absolute Gasteiger partial charge is 0.225 e. The van der Waals surface area contributed by atoms with Crippen LogP contribution < -0.4 is 10.6 Å². The Balaban J connectivity index is 0.00000280. The first-order valence-electron chi connectivity index (χ1n) is 11.2. The molecule has 0 aromatic heterocycles. The highest BCUT2D eigenvalue weighted by Crippen LogP contribution is 2.27. The predicted molar refractivity (Wildman–Crippen MR) is 126 cm³/mol. The highest BCUT2D eigenvalue weighted by Gasteiger charge is 2.32. The molecule has 2 heterocycles. The zero-order valence-corrected chi connectivity index (χ0v) is 20.1. The van der Waals surface area contributed by atoms with Crippen molar-refractivity contribution in [2.75, 3.05) is 39.3 Å². The Bertz CT molecular complexity index is 509. The number of rotatable bonds is 6. The van der Waals surface area contributed by atoms with E-state index in [0.29, 0.717) is 18.0 Å². The first kappa shape index (κ1) is 23.7. The number of likely N-dealkylation sites (tertiary alicyclic amines) is 2. The maximum atomic E-state index is 12.6. The van der Waals surface area contributed by atoms with Crippen molar-refractivity contribution in [3.8, 4) is 0 Å². The van der Waals surface area contributed by atoms with E-state index in [1.165, 1.54) is 38.6 Å². The van der Waals surface area contributed by atoms with E-state index in [-0.39, 0.29) is 29.9 Å². The second-order valence-electron chi connectivity index (χ2n) is 8.54. The number of carbonyl (C=O) groups is 1. The van der Waals surface area contributed by atoms with Crippen LogP contribution in [0.4, 0.5) is 0 Å². The molecule has 162 valence electrons. The summed E-state index contributed by atoms with van der Waals surface area (Å²) in [6.07, 6.45) is 9.64. The van der Waals surface area contributed by atoms with Crippen molar-refractivity contribution in [2.45, 2.75) is 77.3 Å². The van der Waals surface area contributed by atoms with Gasteiger partial charge in [-0.3, -0.25) is 14.7 Å². The lowest BCUT2D eigenvalue weighted by molar-refractivity contribution is -0.134. The molecule has 1 amide bonds. The number of hydrogen-bond donors (Lipinski definition) is 2. The number of amides is 1. The quantitative estimate of drug-likeness (QED) is 0.331. The number of aliphatic imine (C=N–C) groups is 1. The number of hydrogen-bond acceptors (Lipinski definition) is 3. The Morgan fingerprint density at radius 1 is 1.07 bits per heavy atom. The van der Waals surface area contributed by atoms with Gasteiger partial charge in [0, 0.05) is 44.2 Å². The van der Waals surface area contributed by atoms with Crippen LogP contribution in [0.2, 0.25) is 0 Å². The summed E-state index contributed by atoms with van der Waals surface area (Å²) in [5.74, 6) is 1.58. The summed E-state index contributed by atoms with van der Waals surface area (Å²) in [4.78, 5) is 22.1. The van der Waals surface area contributed by atoms with Crippen molar-refractivity contribution >= 4 is 35.8 Å². The maximum absolute atomic E-state index is 12.6. The van der Waals surface area contributed by atoms with Gasteiger partial charge in [0.15, 0.2) is 5.96 Å². The van der Waals surface area contributed by atoms with Gasteiger partial charge >= 0.3 is 0 Å². The fourth-order valence-corrected chi connectivity index (χ4v) is 4.80. The Morgan fingerprint density at radius 2 is 1.82 bits per heavy atom. The number of halogens is 1. The van der Waals surface area contributed by atoms with Gasteiger partial charge in [-0.2, -0.15) is 0 Å². The molecule has 2 saturated heterocycles. The minimum absolute atomic E-state index is 0. The van der Waals surface area contributed by atoms with Gasteiger partial charge in [0.25, 0.3) is 0 Å². The minimum atomic E-state index is 0. The van der Waals surface area contributed by atoms with Crippen LogP contribution in [0.25, 0.3) is 0 Å². The minimum Gasteiger partial charge on any atom is -0.357 e. The number of carbonyl (C=O) groups excluding carboxylic acids is 1. The fraction of sp³-hybridized carbons (Fsp3) is 0.905. The Labute approximate surface area is 188 Å². The number of nitrogens with zero attached hydrogens (tertiary/aromatic N) is 3. The summed E-state index contributed by atoms with van der Waals surface area (Å²) in [6.45, 7) is 10.1. The van der Waals surface area contributed by atoms with Crippen LogP contribution in [0, 0.1) is 5.92 Å². The van der Waals surface area contributed by atoms with Gasteiger partial charge in [0.05, 0.1) is 6.54 Å². The third kappa shape index (κ3) is 6.75. The molecule has 1 saturated carbocycles. The van der Waals surface area contributed by atoms with Gasteiger partial charge in [0.2, 0.25) is 5.91 Å². The zero-order chi connectivity index (χ0) is 19.1. The van der Waals surface area contributed by atoms with Crippen LogP contribution in [0.15, 0.2) is 4.99 Å². The van der Waals surface area contributed by atoms with Crippen LogP contribution in [-0.4, -0.2) is 73.0 Å². The molecule has 6 nitrogen and oxygen atoms in total. The first-order chi connectivity index (χ1) is 13.2. The summed E-state index contributed by atoms with van der Waals surface area (Å²) in [6, 6.07) is 1.01. The van der Waals surface area contributed by atoms with Crippen molar-refractivity contribution in [2.24, 2.45) is 10.9 Å². The molecule has 2 N–H and O–H groups in total. The molecule has 0 bridgehead atoms. The number of nitrogens with one attached hydrogen (secondary N) is 2. The fourth-order valence-electron chi connectivity index (χ4n) is 4.80. The van der Waals surface area contributed by atoms with E-state index < -0.39 is 0 Å². The predicted octanol–water partition coefficient (Wildman–Crippen LogP) is 2.83. The first-order valence-corrected chi connectivity index (χ1v) is 11.2. The van der Waals surface area contributed by atoms with Gasteiger partial charge in [-0.1, -0.05) is 19.3 Å². The monoisotopic (exact) mass is 505 g/mol. The average Bonchev–Trinajstić information content (AvgIpc) is 3.35. The third-order valence-electron chi connectivity index (χ3n) is 6.49. The van der Waals surface area contributed by atoms with Crippen molar-refractivity contribution < 1.29 is 4.79 Å². The SMILES string of the molecule is CCNC(=NCCN1CCCCC1C)NC1CCN(C(=O)C2CCCC2)C1.I. The van der Waals surface area contributed by atoms with Crippen LogP contribution in [0.5, 0.6) is 0 Å². The van der Waals surface area contributed by atoms with Crippen molar-refractivity contribution in [1.82, 2.24) is 20.4 Å². The second-order valence-corrected chi connectivity index (χ2v) is 8.54. The molecule has 1 aliphatic carbocycles. The molecule has 0 radical (unpaired) electrons. The molecule has 0 spiro atoms. The Kier molecular flexibility index (Phi) is 10.3. The lowest BCUT2D eigenvalue weighted by atomic mass is 10.0. The maximum Gasteiger partial charge on any atom is 0.225 e. The summed E-state index contributed by atoms with van der Waals surface area (Å²) in [5.41, 5.74) is 0. The van der Waals surface area contributed by atoms with E-state index in [1.54, 1.807) is 0 Å². The summed E-state index contributed by atoms with van der Waals surface area (Å²) in [5, 5.41) is 6.94. The van der Waals surface area contributed by atoms with Crippen LogP contribution in [0.3, 0.4) is 0 Å². The van der Waals surface area contributed by atoms with Gasteiger partial charge in [-0.05, 0) is 52.5 Å². The largest absolute Gasteiger partial charge is 0.357 e. The normalized spacial score (nSPS) is 26.9. The Morgan fingerprint density at radius 3 is 2.54 bits per heavy atom. The summed E-state index contributed by atoms with van der Waals surface area (Å²) in [7, 11) is 0. The average molecular weight is 505 g/mol. The second kappa shape index (κ2) is 12.2. The van der Waals surface area contributed by atoms with Crippen LogP contribution in [0.1, 0.15) is 65.2 Å². The molecule has 3 rings (SSSR count). The topological polar surface area (TPSA) is 60.0 Å². The van der Waals surface area contributed by atoms with Crippen molar-refractivity contribution in [3.05, 3.63) is 0 Å². The van der Waals surface area contributed by atoms with Crippen LogP contribution in [-0.2, 0) is 4.79 Å². The van der Waals surface area contributed by atoms with Gasteiger partial charge < -0.3 is 15.5 Å². The molecular formula is C21H40IN5O. The molecule has 0 aromatic rings. The summed E-state index contributed by atoms with van der Waals surface area (Å²) >= 11 is 0. The molecule has 2 aliphatic heterocycles. The molecular weight excluding hydrogens is 465 g/mol. The zero-order valence-electron chi connectivity index (χ0n) is 17.8. The number of guanidine groups is 1. The van der Waals surface area contributed by atoms with E-state index in [0.717, 1.165) is 57.9 Å². The molecule has 2 unspecified atom stereocenters. The molecule has 2 atom stereocenters. The van der Waals surface area contributed by atoms with Gasteiger partial charge in [-0.15, -0.1) is 24.0 Å². The summed E-state index contributed by atoms with van der Waals surface area (Å²) < 4.78 is 0. The standard InChI is InChI=1S/C21H39N5O.HI/c1-3-22-21(23-12-15-25-13-7-6-8-17(25)2)24-19-11-14-26(16-19)20(27)18-9-4-5-10-18;/h17-19H,3-16H2,1-2H3,(H2,22,23,24);1H. The molecule has 3 aliphatic rings. The van der Waals surface area contributed by atoms with E-state index in [1.807, 2.05) is 0 Å².